The molecule has 0 aliphatic carbocycles. The lowest BCUT2D eigenvalue weighted by Crippen LogP contribution is -2.30. The Kier molecular flexibility index (Phi) is 3.14. The predicted octanol–water partition coefficient (Wildman–Crippen LogP) is 1.21. The quantitative estimate of drug-likeness (QED) is 0.460. The maximum Gasteiger partial charge on any atom is 0.334 e. The van der Waals surface area contributed by atoms with E-state index in [1.165, 1.54) is 7.05 Å². The molecule has 17 heavy (non-hydrogen) atoms. The first-order valence-corrected chi connectivity index (χ1v) is 5.96. The van der Waals surface area contributed by atoms with Crippen LogP contribution in [0.4, 0.5) is 4.79 Å². The molecule has 2 rings (SSSR count). The molecule has 0 N–H and O–H groups in total. The summed E-state index contributed by atoms with van der Waals surface area (Å²) in [5.41, 5.74) is 0.815. The second-order valence-corrected chi connectivity index (χ2v) is 4.91. The summed E-state index contributed by atoms with van der Waals surface area (Å²) in [7, 11) is 1.30. The highest BCUT2D eigenvalue weighted by atomic mass is 127. The van der Waals surface area contributed by atoms with Crippen LogP contribution < -0.4 is 0 Å². The fraction of sp³-hybridized carbons (Fsp3) is 0.182. The minimum absolute atomic E-state index is 0.130. The fourth-order valence-corrected chi connectivity index (χ4v) is 1.89. The molecular formula is C11H9IN2O3. The normalized spacial score (nSPS) is 16.0. The largest absolute Gasteiger partial charge is 0.334 e. The standard InChI is InChI=1S/C11H9IN2O3/c1-13-9(15)10(16)14(11(13)17)6-7-2-4-8(12)5-3-7/h2-5H,6H2,1H3. The van der Waals surface area contributed by atoms with Gasteiger partial charge in [0.15, 0.2) is 0 Å². The summed E-state index contributed by atoms with van der Waals surface area (Å²) in [6, 6.07) is 6.84. The van der Waals surface area contributed by atoms with Gasteiger partial charge in [0.1, 0.15) is 0 Å². The molecule has 0 bridgehead atoms. The van der Waals surface area contributed by atoms with E-state index in [-0.39, 0.29) is 6.54 Å². The molecule has 6 heteroatoms. The van der Waals surface area contributed by atoms with Gasteiger partial charge in [0, 0.05) is 10.6 Å². The molecule has 0 aromatic heterocycles. The van der Waals surface area contributed by atoms with Crippen LogP contribution >= 0.6 is 22.6 Å². The van der Waals surface area contributed by atoms with Gasteiger partial charge in [0.2, 0.25) is 0 Å². The number of benzene rings is 1. The van der Waals surface area contributed by atoms with E-state index >= 15 is 0 Å². The van der Waals surface area contributed by atoms with Crippen molar-refractivity contribution in [2.24, 2.45) is 0 Å². The van der Waals surface area contributed by atoms with Crippen LogP contribution in [0.5, 0.6) is 0 Å². The highest BCUT2D eigenvalue weighted by molar-refractivity contribution is 14.1. The van der Waals surface area contributed by atoms with Gasteiger partial charge in [-0.15, -0.1) is 0 Å². The first-order valence-electron chi connectivity index (χ1n) is 4.88. The van der Waals surface area contributed by atoms with Gasteiger partial charge in [0.25, 0.3) is 0 Å². The van der Waals surface area contributed by atoms with Gasteiger partial charge in [-0.05, 0) is 40.3 Å². The molecule has 88 valence electrons. The number of imide groups is 2. The number of hydrogen-bond acceptors (Lipinski definition) is 3. The van der Waals surface area contributed by atoms with E-state index < -0.39 is 17.8 Å². The van der Waals surface area contributed by atoms with Crippen molar-refractivity contribution >= 4 is 40.4 Å². The van der Waals surface area contributed by atoms with E-state index in [1.807, 2.05) is 24.3 Å². The molecule has 0 unspecified atom stereocenters. The number of halogens is 1. The maximum atomic E-state index is 11.6. The van der Waals surface area contributed by atoms with Crippen molar-refractivity contribution in [2.75, 3.05) is 7.05 Å². The monoisotopic (exact) mass is 344 g/mol. The Morgan fingerprint density at radius 1 is 1.06 bits per heavy atom. The summed E-state index contributed by atoms with van der Waals surface area (Å²) >= 11 is 2.17. The predicted molar refractivity (Wildman–Crippen MR) is 67.9 cm³/mol. The molecule has 0 saturated carbocycles. The summed E-state index contributed by atoms with van der Waals surface area (Å²) < 4.78 is 1.07. The summed E-state index contributed by atoms with van der Waals surface area (Å²) in [4.78, 5) is 36.2. The van der Waals surface area contributed by atoms with E-state index in [0.29, 0.717) is 0 Å². The Hall–Kier alpha value is -1.44. The van der Waals surface area contributed by atoms with Crippen LogP contribution in [0, 0.1) is 3.57 Å². The summed E-state index contributed by atoms with van der Waals surface area (Å²) in [6.45, 7) is 0.130. The summed E-state index contributed by atoms with van der Waals surface area (Å²) in [6.07, 6.45) is 0. The van der Waals surface area contributed by atoms with Crippen LogP contribution in [-0.4, -0.2) is 34.7 Å². The summed E-state index contributed by atoms with van der Waals surface area (Å²) in [5, 5.41) is 0. The summed E-state index contributed by atoms with van der Waals surface area (Å²) in [5.74, 6) is -1.54. The minimum atomic E-state index is -0.777. The fourth-order valence-electron chi connectivity index (χ4n) is 1.53. The van der Waals surface area contributed by atoms with E-state index in [0.717, 1.165) is 18.9 Å². The van der Waals surface area contributed by atoms with Crippen LogP contribution in [0.2, 0.25) is 0 Å². The lowest BCUT2D eigenvalue weighted by Gasteiger charge is -2.12. The third kappa shape index (κ3) is 2.17. The van der Waals surface area contributed by atoms with Gasteiger partial charge in [-0.25, -0.2) is 4.79 Å². The zero-order chi connectivity index (χ0) is 12.6. The van der Waals surface area contributed by atoms with Crippen molar-refractivity contribution in [3.05, 3.63) is 33.4 Å². The molecule has 1 aromatic carbocycles. The lowest BCUT2D eigenvalue weighted by atomic mass is 10.2. The molecule has 1 heterocycles. The van der Waals surface area contributed by atoms with Crippen molar-refractivity contribution in [2.45, 2.75) is 6.54 Å². The zero-order valence-electron chi connectivity index (χ0n) is 9.01. The highest BCUT2D eigenvalue weighted by Crippen LogP contribution is 2.15. The van der Waals surface area contributed by atoms with Crippen LogP contribution in [0.15, 0.2) is 24.3 Å². The molecule has 1 saturated heterocycles. The van der Waals surface area contributed by atoms with Gasteiger partial charge in [-0.2, -0.15) is 0 Å². The number of urea groups is 1. The Morgan fingerprint density at radius 2 is 1.65 bits per heavy atom. The molecular weight excluding hydrogens is 335 g/mol. The van der Waals surface area contributed by atoms with E-state index in [2.05, 4.69) is 22.6 Å². The average Bonchev–Trinajstić information content (AvgIpc) is 2.50. The Balaban J connectivity index is 2.19. The third-order valence-electron chi connectivity index (χ3n) is 2.50. The van der Waals surface area contributed by atoms with E-state index in [1.54, 1.807) is 0 Å². The molecule has 1 aromatic rings. The van der Waals surface area contributed by atoms with Gasteiger partial charge < -0.3 is 0 Å². The van der Waals surface area contributed by atoms with Gasteiger partial charge >= 0.3 is 17.8 Å². The SMILES string of the molecule is CN1C(=O)C(=O)N(Cc2ccc(I)cc2)C1=O. The molecule has 0 atom stereocenters. The molecule has 0 radical (unpaired) electrons. The number of carbonyl (C=O) groups excluding carboxylic acids is 3. The molecule has 0 spiro atoms. The van der Waals surface area contributed by atoms with E-state index in [9.17, 15) is 14.4 Å². The molecule has 1 fully saturated rings. The van der Waals surface area contributed by atoms with Crippen molar-refractivity contribution in [3.63, 3.8) is 0 Å². The maximum absolute atomic E-state index is 11.6. The molecule has 5 nitrogen and oxygen atoms in total. The Morgan fingerprint density at radius 3 is 2.12 bits per heavy atom. The van der Waals surface area contributed by atoms with E-state index in [4.69, 9.17) is 0 Å². The van der Waals surface area contributed by atoms with Crippen LogP contribution in [0.1, 0.15) is 5.56 Å². The number of carbonyl (C=O) groups is 3. The Labute approximate surface area is 112 Å². The first-order chi connectivity index (χ1) is 8.00. The van der Waals surface area contributed by atoms with Crippen LogP contribution in [0.25, 0.3) is 0 Å². The number of rotatable bonds is 2. The number of hydrogen-bond donors (Lipinski definition) is 0. The number of likely N-dealkylation sites (N-methyl/N-ethyl adjacent to an activating group) is 1. The van der Waals surface area contributed by atoms with Crippen LogP contribution in [0.3, 0.4) is 0 Å². The second kappa shape index (κ2) is 4.44. The van der Waals surface area contributed by atoms with Crippen molar-refractivity contribution in [1.82, 2.24) is 9.80 Å². The van der Waals surface area contributed by atoms with Crippen molar-refractivity contribution in [1.29, 1.82) is 0 Å². The highest BCUT2D eigenvalue weighted by Gasteiger charge is 2.41. The van der Waals surface area contributed by atoms with Crippen molar-refractivity contribution < 1.29 is 14.4 Å². The number of amides is 4. The van der Waals surface area contributed by atoms with Gasteiger partial charge in [-0.3, -0.25) is 19.4 Å². The molecule has 1 aliphatic rings. The average molecular weight is 344 g/mol. The second-order valence-electron chi connectivity index (χ2n) is 3.66. The molecule has 1 aliphatic heterocycles. The first kappa shape index (κ1) is 12.0. The third-order valence-corrected chi connectivity index (χ3v) is 3.22. The van der Waals surface area contributed by atoms with Gasteiger partial charge in [0.05, 0.1) is 6.54 Å². The van der Waals surface area contributed by atoms with Gasteiger partial charge in [-0.1, -0.05) is 12.1 Å². The Bertz CT molecular complexity index is 498. The van der Waals surface area contributed by atoms with Crippen molar-refractivity contribution in [3.8, 4) is 0 Å². The number of nitrogens with zero attached hydrogens (tertiary/aromatic N) is 2. The smallest absolute Gasteiger partial charge is 0.263 e. The zero-order valence-corrected chi connectivity index (χ0v) is 11.2. The lowest BCUT2D eigenvalue weighted by molar-refractivity contribution is -0.143. The molecule has 4 amide bonds. The van der Waals surface area contributed by atoms with Crippen LogP contribution in [-0.2, 0) is 16.1 Å². The minimum Gasteiger partial charge on any atom is -0.263 e. The topological polar surface area (TPSA) is 57.7 Å².